The maximum Gasteiger partial charge on any atom is 0.303 e. The predicted octanol–water partition coefficient (Wildman–Crippen LogP) is 3.12. The van der Waals surface area contributed by atoms with Crippen LogP contribution in [0.2, 0.25) is 0 Å². The number of hydrogen-bond acceptors (Lipinski definition) is 7. The van der Waals surface area contributed by atoms with Crippen LogP contribution in [0.25, 0.3) is 0 Å². The van der Waals surface area contributed by atoms with Crippen LogP contribution in [0.15, 0.2) is 43.0 Å². The molecular formula is C25H34O7. The second kappa shape index (κ2) is 11.7. The lowest BCUT2D eigenvalue weighted by molar-refractivity contribution is -0.190. The standard InChI is InChI=1S/C25H34O7/c1-4-9-18-13-14-19(27)22(31-18)25(30-16(3)26)24-21(28)23(20(32-24)10-5-2)29-15-17-11-7-6-8-12-17/h4,6-8,11-12,18,20-25,28H,1,5,9-10,13-15H2,2-3H3/t18?,20-,21?,22+,23-,24+,25+/m1/s1. The molecule has 2 aliphatic rings. The van der Waals surface area contributed by atoms with Crippen molar-refractivity contribution in [3.63, 3.8) is 0 Å². The van der Waals surface area contributed by atoms with E-state index in [0.29, 0.717) is 32.3 Å². The van der Waals surface area contributed by atoms with E-state index >= 15 is 0 Å². The van der Waals surface area contributed by atoms with E-state index < -0.39 is 36.5 Å². The summed E-state index contributed by atoms with van der Waals surface area (Å²) < 4.78 is 23.8. The highest BCUT2D eigenvalue weighted by molar-refractivity contribution is 5.85. The summed E-state index contributed by atoms with van der Waals surface area (Å²) in [5.41, 5.74) is 0.980. The minimum atomic E-state index is -1.07. The maximum absolute atomic E-state index is 12.7. The molecule has 2 fully saturated rings. The Bertz CT molecular complexity index is 765. The molecule has 1 aromatic carbocycles. The molecule has 0 aliphatic carbocycles. The lowest BCUT2D eigenvalue weighted by Gasteiger charge is -2.36. The van der Waals surface area contributed by atoms with Crippen LogP contribution in [0, 0.1) is 0 Å². The fraction of sp³-hybridized carbons (Fsp3) is 0.600. The number of Topliss-reactive ketones (excluding diaryl/α,β-unsaturated/α-hetero) is 1. The summed E-state index contributed by atoms with van der Waals surface area (Å²) in [4.78, 5) is 24.6. The molecule has 0 bridgehead atoms. The van der Waals surface area contributed by atoms with Crippen LogP contribution in [-0.2, 0) is 35.1 Å². The summed E-state index contributed by atoms with van der Waals surface area (Å²) >= 11 is 0. The number of ether oxygens (including phenoxy) is 4. The highest BCUT2D eigenvalue weighted by Gasteiger charge is 2.53. The largest absolute Gasteiger partial charge is 0.456 e. The summed E-state index contributed by atoms with van der Waals surface area (Å²) in [5.74, 6) is -0.721. The number of carbonyl (C=O) groups excluding carboxylic acids is 2. The van der Waals surface area contributed by atoms with E-state index in [1.807, 2.05) is 37.3 Å². The van der Waals surface area contributed by atoms with Crippen LogP contribution in [0.4, 0.5) is 0 Å². The molecule has 2 aliphatic heterocycles. The Morgan fingerprint density at radius 2 is 2.06 bits per heavy atom. The van der Waals surface area contributed by atoms with Gasteiger partial charge in [0.1, 0.15) is 18.3 Å². The minimum Gasteiger partial charge on any atom is -0.456 e. The number of ketones is 1. The normalized spacial score (nSPS) is 31.3. The van der Waals surface area contributed by atoms with Crippen molar-refractivity contribution in [2.45, 2.75) is 95.3 Å². The molecular weight excluding hydrogens is 412 g/mol. The second-order valence-electron chi connectivity index (χ2n) is 8.46. The monoisotopic (exact) mass is 446 g/mol. The van der Waals surface area contributed by atoms with E-state index in [9.17, 15) is 14.7 Å². The quantitative estimate of drug-likeness (QED) is 0.436. The van der Waals surface area contributed by atoms with Crippen molar-refractivity contribution in [2.75, 3.05) is 0 Å². The zero-order valence-electron chi connectivity index (χ0n) is 18.9. The molecule has 2 saturated heterocycles. The highest BCUT2D eigenvalue weighted by atomic mass is 16.6. The highest BCUT2D eigenvalue weighted by Crippen LogP contribution is 2.34. The van der Waals surface area contributed by atoms with Gasteiger partial charge in [-0.05, 0) is 24.8 Å². The molecule has 0 radical (unpaired) electrons. The SMILES string of the molecule is C=CCC1CCC(=O)[C@@H]([C@H](OC(C)=O)[C@H]2O[C@H](CCC)[C@@H](OCc3ccccc3)C2O)O1. The van der Waals surface area contributed by atoms with Crippen molar-refractivity contribution in [2.24, 2.45) is 0 Å². The second-order valence-corrected chi connectivity index (χ2v) is 8.46. The number of aliphatic hydroxyl groups excluding tert-OH is 1. The molecule has 0 saturated carbocycles. The third-order valence-corrected chi connectivity index (χ3v) is 5.95. The van der Waals surface area contributed by atoms with Gasteiger partial charge < -0.3 is 24.1 Å². The van der Waals surface area contributed by atoms with Gasteiger partial charge in [0.05, 0.1) is 18.8 Å². The lowest BCUT2D eigenvalue weighted by Crippen LogP contribution is -2.53. The number of rotatable bonds is 10. The maximum atomic E-state index is 12.7. The molecule has 2 heterocycles. The van der Waals surface area contributed by atoms with Gasteiger partial charge in [0, 0.05) is 13.3 Å². The van der Waals surface area contributed by atoms with Gasteiger partial charge >= 0.3 is 5.97 Å². The summed E-state index contributed by atoms with van der Waals surface area (Å²) in [6.45, 7) is 7.35. The number of benzene rings is 1. The minimum absolute atomic E-state index is 0.159. The summed E-state index contributed by atoms with van der Waals surface area (Å²) in [7, 11) is 0. The summed E-state index contributed by atoms with van der Waals surface area (Å²) in [5, 5.41) is 11.2. The topological polar surface area (TPSA) is 91.3 Å². The van der Waals surface area contributed by atoms with Gasteiger partial charge in [-0.2, -0.15) is 0 Å². The number of esters is 1. The van der Waals surface area contributed by atoms with Gasteiger partial charge in [0.2, 0.25) is 0 Å². The van der Waals surface area contributed by atoms with E-state index in [-0.39, 0.29) is 18.0 Å². The molecule has 0 amide bonds. The molecule has 1 N–H and O–H groups in total. The molecule has 7 atom stereocenters. The fourth-order valence-corrected chi connectivity index (χ4v) is 4.44. The first kappa shape index (κ1) is 24.6. The Labute approximate surface area is 189 Å². The molecule has 2 unspecified atom stereocenters. The van der Waals surface area contributed by atoms with Crippen molar-refractivity contribution < 1.29 is 33.6 Å². The van der Waals surface area contributed by atoms with E-state index in [4.69, 9.17) is 18.9 Å². The van der Waals surface area contributed by atoms with Gasteiger partial charge in [-0.3, -0.25) is 9.59 Å². The van der Waals surface area contributed by atoms with Crippen LogP contribution in [-0.4, -0.2) is 59.6 Å². The Morgan fingerprint density at radius 3 is 2.72 bits per heavy atom. The Kier molecular flexibility index (Phi) is 8.99. The third-order valence-electron chi connectivity index (χ3n) is 5.95. The van der Waals surface area contributed by atoms with Crippen molar-refractivity contribution in [1.29, 1.82) is 0 Å². The Hall–Kier alpha value is -2.06. The Balaban J connectivity index is 1.79. The number of carbonyl (C=O) groups is 2. The first-order valence-electron chi connectivity index (χ1n) is 11.4. The number of aliphatic hydroxyl groups is 1. The predicted molar refractivity (Wildman–Crippen MR) is 118 cm³/mol. The van der Waals surface area contributed by atoms with E-state index in [2.05, 4.69) is 6.58 Å². The summed E-state index contributed by atoms with van der Waals surface area (Å²) in [6, 6.07) is 9.68. The smallest absolute Gasteiger partial charge is 0.303 e. The van der Waals surface area contributed by atoms with Gasteiger partial charge in [-0.15, -0.1) is 6.58 Å². The van der Waals surface area contributed by atoms with Crippen molar-refractivity contribution >= 4 is 11.8 Å². The van der Waals surface area contributed by atoms with Crippen molar-refractivity contribution in [1.82, 2.24) is 0 Å². The van der Waals surface area contributed by atoms with Crippen LogP contribution in [0.3, 0.4) is 0 Å². The first-order chi connectivity index (χ1) is 15.4. The molecule has 0 spiro atoms. The number of hydrogen-bond donors (Lipinski definition) is 1. The van der Waals surface area contributed by atoms with Crippen LogP contribution < -0.4 is 0 Å². The molecule has 3 rings (SSSR count). The van der Waals surface area contributed by atoms with Gasteiger partial charge in [-0.1, -0.05) is 49.8 Å². The molecule has 1 aromatic rings. The molecule has 7 heteroatoms. The zero-order valence-corrected chi connectivity index (χ0v) is 18.9. The van der Waals surface area contributed by atoms with E-state index in [1.54, 1.807) is 6.08 Å². The van der Waals surface area contributed by atoms with Crippen LogP contribution in [0.1, 0.15) is 51.5 Å². The van der Waals surface area contributed by atoms with Gasteiger partial charge in [0.15, 0.2) is 18.0 Å². The molecule has 7 nitrogen and oxygen atoms in total. The molecule has 32 heavy (non-hydrogen) atoms. The third kappa shape index (κ3) is 6.04. The molecule has 176 valence electrons. The van der Waals surface area contributed by atoms with Crippen molar-refractivity contribution in [3.05, 3.63) is 48.6 Å². The van der Waals surface area contributed by atoms with Gasteiger partial charge in [-0.25, -0.2) is 0 Å². The van der Waals surface area contributed by atoms with E-state index in [1.165, 1.54) is 6.92 Å². The van der Waals surface area contributed by atoms with Gasteiger partial charge in [0.25, 0.3) is 0 Å². The van der Waals surface area contributed by atoms with Crippen molar-refractivity contribution in [3.8, 4) is 0 Å². The Morgan fingerprint density at radius 1 is 1.31 bits per heavy atom. The summed E-state index contributed by atoms with van der Waals surface area (Å²) in [6.07, 6.45) is -0.501. The zero-order chi connectivity index (χ0) is 23.1. The van der Waals surface area contributed by atoms with Crippen LogP contribution >= 0.6 is 0 Å². The molecule has 0 aromatic heterocycles. The fourth-order valence-electron chi connectivity index (χ4n) is 4.44. The average molecular weight is 447 g/mol. The lowest BCUT2D eigenvalue weighted by atomic mass is 9.92. The van der Waals surface area contributed by atoms with E-state index in [0.717, 1.165) is 12.0 Å². The van der Waals surface area contributed by atoms with Crippen LogP contribution in [0.5, 0.6) is 0 Å². The average Bonchev–Trinajstić information content (AvgIpc) is 3.08. The first-order valence-corrected chi connectivity index (χ1v) is 11.4.